The van der Waals surface area contributed by atoms with Gasteiger partial charge in [-0.2, -0.15) is 0 Å². The standard InChI is InChI=1S/C13H25NO2/c1-11(2)8-9-16-10-13(15)14-12-6-4-3-5-7-12/h11-12H,3-10H2,1-2H3,(H,14,15). The number of amides is 1. The minimum atomic E-state index is 0.0515. The van der Waals surface area contributed by atoms with E-state index in [9.17, 15) is 4.79 Å². The number of rotatable bonds is 6. The highest BCUT2D eigenvalue weighted by Crippen LogP contribution is 2.17. The Bertz CT molecular complexity index is 198. The monoisotopic (exact) mass is 227 g/mol. The van der Waals surface area contributed by atoms with Crippen LogP contribution in [0.25, 0.3) is 0 Å². The molecule has 0 bridgehead atoms. The highest BCUT2D eigenvalue weighted by molar-refractivity contribution is 5.77. The fourth-order valence-corrected chi connectivity index (χ4v) is 2.00. The number of carbonyl (C=O) groups is 1. The Balaban J connectivity index is 2.01. The molecule has 0 spiro atoms. The molecule has 0 aromatic carbocycles. The molecule has 0 unspecified atom stereocenters. The van der Waals surface area contributed by atoms with E-state index in [0.29, 0.717) is 18.6 Å². The number of ether oxygens (including phenoxy) is 1. The predicted molar refractivity (Wildman–Crippen MR) is 65.3 cm³/mol. The summed E-state index contributed by atoms with van der Waals surface area (Å²) in [4.78, 5) is 11.5. The molecule has 1 rings (SSSR count). The Labute approximate surface area is 98.9 Å². The Kier molecular flexibility index (Phi) is 6.46. The maximum absolute atomic E-state index is 11.5. The third-order valence-corrected chi connectivity index (χ3v) is 3.04. The second-order valence-electron chi connectivity index (χ2n) is 5.14. The van der Waals surface area contributed by atoms with Crippen molar-refractivity contribution in [3.05, 3.63) is 0 Å². The SMILES string of the molecule is CC(C)CCOCC(=O)NC1CCCCC1. The zero-order chi connectivity index (χ0) is 11.8. The summed E-state index contributed by atoms with van der Waals surface area (Å²) in [6.07, 6.45) is 7.11. The summed E-state index contributed by atoms with van der Waals surface area (Å²) in [5.41, 5.74) is 0. The normalized spacial score (nSPS) is 17.7. The van der Waals surface area contributed by atoms with Crippen molar-refractivity contribution in [1.82, 2.24) is 5.32 Å². The molecule has 16 heavy (non-hydrogen) atoms. The second-order valence-corrected chi connectivity index (χ2v) is 5.14. The second kappa shape index (κ2) is 7.66. The van der Waals surface area contributed by atoms with Crippen LogP contribution < -0.4 is 5.32 Å². The topological polar surface area (TPSA) is 38.3 Å². The molecule has 1 aliphatic carbocycles. The van der Waals surface area contributed by atoms with Crippen molar-refractivity contribution < 1.29 is 9.53 Å². The molecular weight excluding hydrogens is 202 g/mol. The van der Waals surface area contributed by atoms with Crippen LogP contribution in [0.3, 0.4) is 0 Å². The van der Waals surface area contributed by atoms with Crippen LogP contribution in [0.15, 0.2) is 0 Å². The molecule has 0 radical (unpaired) electrons. The lowest BCUT2D eigenvalue weighted by molar-refractivity contribution is -0.126. The van der Waals surface area contributed by atoms with E-state index < -0.39 is 0 Å². The Hall–Kier alpha value is -0.570. The summed E-state index contributed by atoms with van der Waals surface area (Å²) >= 11 is 0. The minimum absolute atomic E-state index is 0.0515. The first-order chi connectivity index (χ1) is 7.68. The molecule has 0 aromatic rings. The first-order valence-electron chi connectivity index (χ1n) is 6.55. The number of nitrogens with one attached hydrogen (secondary N) is 1. The van der Waals surface area contributed by atoms with Gasteiger partial charge in [0, 0.05) is 12.6 Å². The number of carbonyl (C=O) groups excluding carboxylic acids is 1. The van der Waals surface area contributed by atoms with Gasteiger partial charge in [-0.05, 0) is 25.2 Å². The molecule has 3 heteroatoms. The summed E-state index contributed by atoms with van der Waals surface area (Å²) in [6.45, 7) is 5.23. The quantitative estimate of drug-likeness (QED) is 0.708. The Morgan fingerprint density at radius 2 is 2.00 bits per heavy atom. The summed E-state index contributed by atoms with van der Waals surface area (Å²) in [7, 11) is 0. The third kappa shape index (κ3) is 6.11. The molecule has 1 saturated carbocycles. The van der Waals surface area contributed by atoms with Crippen LogP contribution in [0.5, 0.6) is 0 Å². The molecule has 1 amide bonds. The van der Waals surface area contributed by atoms with E-state index in [0.717, 1.165) is 19.3 Å². The highest BCUT2D eigenvalue weighted by atomic mass is 16.5. The number of hydrogen-bond acceptors (Lipinski definition) is 2. The largest absolute Gasteiger partial charge is 0.372 e. The zero-order valence-electron chi connectivity index (χ0n) is 10.6. The average molecular weight is 227 g/mol. The van der Waals surface area contributed by atoms with Crippen molar-refractivity contribution in [2.24, 2.45) is 5.92 Å². The highest BCUT2D eigenvalue weighted by Gasteiger charge is 2.15. The van der Waals surface area contributed by atoms with E-state index in [-0.39, 0.29) is 12.5 Å². The molecule has 0 aliphatic heterocycles. The van der Waals surface area contributed by atoms with Gasteiger partial charge in [0.25, 0.3) is 0 Å². The van der Waals surface area contributed by atoms with Crippen LogP contribution >= 0.6 is 0 Å². The molecular formula is C13H25NO2. The number of hydrogen-bond donors (Lipinski definition) is 1. The maximum Gasteiger partial charge on any atom is 0.246 e. The molecule has 1 N–H and O–H groups in total. The van der Waals surface area contributed by atoms with Crippen molar-refractivity contribution in [3.63, 3.8) is 0 Å². The van der Waals surface area contributed by atoms with Gasteiger partial charge in [-0.25, -0.2) is 0 Å². The average Bonchev–Trinajstić information content (AvgIpc) is 2.25. The van der Waals surface area contributed by atoms with Gasteiger partial charge in [0.15, 0.2) is 0 Å². The Morgan fingerprint density at radius 1 is 1.31 bits per heavy atom. The van der Waals surface area contributed by atoms with Crippen LogP contribution in [0.1, 0.15) is 52.4 Å². The maximum atomic E-state index is 11.5. The minimum Gasteiger partial charge on any atom is -0.372 e. The third-order valence-electron chi connectivity index (χ3n) is 3.04. The van der Waals surface area contributed by atoms with Gasteiger partial charge in [-0.15, -0.1) is 0 Å². The van der Waals surface area contributed by atoms with Gasteiger partial charge in [0.2, 0.25) is 5.91 Å². The van der Waals surface area contributed by atoms with Crippen molar-refractivity contribution in [3.8, 4) is 0 Å². The lowest BCUT2D eigenvalue weighted by atomic mass is 9.95. The van der Waals surface area contributed by atoms with E-state index in [4.69, 9.17) is 4.74 Å². The molecule has 0 heterocycles. The van der Waals surface area contributed by atoms with Crippen LogP contribution in [-0.4, -0.2) is 25.2 Å². The fraction of sp³-hybridized carbons (Fsp3) is 0.923. The lowest BCUT2D eigenvalue weighted by Gasteiger charge is -2.22. The van der Waals surface area contributed by atoms with Gasteiger partial charge < -0.3 is 10.1 Å². The van der Waals surface area contributed by atoms with Gasteiger partial charge in [0.1, 0.15) is 6.61 Å². The molecule has 3 nitrogen and oxygen atoms in total. The van der Waals surface area contributed by atoms with Crippen molar-refractivity contribution in [2.75, 3.05) is 13.2 Å². The van der Waals surface area contributed by atoms with E-state index in [1.54, 1.807) is 0 Å². The van der Waals surface area contributed by atoms with E-state index in [1.807, 2.05) is 0 Å². The molecule has 1 fully saturated rings. The lowest BCUT2D eigenvalue weighted by Crippen LogP contribution is -2.38. The molecule has 1 aliphatic rings. The molecule has 0 saturated heterocycles. The van der Waals surface area contributed by atoms with E-state index >= 15 is 0 Å². The Morgan fingerprint density at radius 3 is 2.62 bits per heavy atom. The van der Waals surface area contributed by atoms with Crippen molar-refractivity contribution in [2.45, 2.75) is 58.4 Å². The van der Waals surface area contributed by atoms with Gasteiger partial charge in [-0.1, -0.05) is 33.1 Å². The van der Waals surface area contributed by atoms with Crippen molar-refractivity contribution >= 4 is 5.91 Å². The summed E-state index contributed by atoms with van der Waals surface area (Å²) < 4.78 is 5.34. The summed E-state index contributed by atoms with van der Waals surface area (Å²) in [6, 6.07) is 0.398. The molecule has 94 valence electrons. The summed E-state index contributed by atoms with van der Waals surface area (Å²) in [5, 5.41) is 3.04. The van der Waals surface area contributed by atoms with Gasteiger partial charge in [-0.3, -0.25) is 4.79 Å². The zero-order valence-corrected chi connectivity index (χ0v) is 10.6. The van der Waals surface area contributed by atoms with Crippen LogP contribution in [0.2, 0.25) is 0 Å². The molecule has 0 atom stereocenters. The van der Waals surface area contributed by atoms with Crippen LogP contribution in [-0.2, 0) is 9.53 Å². The van der Waals surface area contributed by atoms with E-state index in [1.165, 1.54) is 19.3 Å². The van der Waals surface area contributed by atoms with Gasteiger partial charge in [0.05, 0.1) is 0 Å². The molecule has 0 aromatic heterocycles. The van der Waals surface area contributed by atoms with Crippen LogP contribution in [0.4, 0.5) is 0 Å². The van der Waals surface area contributed by atoms with Gasteiger partial charge >= 0.3 is 0 Å². The smallest absolute Gasteiger partial charge is 0.246 e. The van der Waals surface area contributed by atoms with Crippen molar-refractivity contribution in [1.29, 1.82) is 0 Å². The van der Waals surface area contributed by atoms with E-state index in [2.05, 4.69) is 19.2 Å². The fourth-order valence-electron chi connectivity index (χ4n) is 2.00. The predicted octanol–water partition coefficient (Wildman–Crippen LogP) is 2.50. The first-order valence-corrected chi connectivity index (χ1v) is 6.55. The summed E-state index contributed by atoms with van der Waals surface area (Å²) in [5.74, 6) is 0.692. The van der Waals surface area contributed by atoms with Crippen LogP contribution in [0, 0.1) is 5.92 Å². The first kappa shape index (κ1) is 13.5.